The van der Waals surface area contributed by atoms with E-state index in [0.717, 1.165) is 58.1 Å². The number of amidine groups is 1. The van der Waals surface area contributed by atoms with Crippen molar-refractivity contribution in [3.63, 3.8) is 0 Å². The van der Waals surface area contributed by atoms with E-state index in [2.05, 4.69) is 21.0 Å². The van der Waals surface area contributed by atoms with Crippen LogP contribution in [0.3, 0.4) is 0 Å². The second-order valence-electron chi connectivity index (χ2n) is 7.66. The van der Waals surface area contributed by atoms with Crippen LogP contribution in [-0.2, 0) is 26.3 Å². The summed E-state index contributed by atoms with van der Waals surface area (Å²) in [5, 5.41) is 4.78. The van der Waals surface area contributed by atoms with Crippen molar-refractivity contribution in [3.05, 3.63) is 53.0 Å². The molecule has 8 heteroatoms. The fraction of sp³-hybridized carbons (Fsp3) is 0.348. The van der Waals surface area contributed by atoms with Crippen LogP contribution in [0, 0.1) is 0 Å². The molecule has 8 nitrogen and oxygen atoms in total. The number of hydrogen-bond acceptors (Lipinski definition) is 6. The molecule has 1 aromatic carbocycles. The van der Waals surface area contributed by atoms with Gasteiger partial charge in [-0.2, -0.15) is 10.1 Å². The summed E-state index contributed by atoms with van der Waals surface area (Å²) in [5.74, 6) is 1.67. The second kappa shape index (κ2) is 8.67. The molecule has 0 spiro atoms. The lowest BCUT2D eigenvalue weighted by Gasteiger charge is -2.16. The van der Waals surface area contributed by atoms with Crippen molar-refractivity contribution in [3.8, 4) is 17.0 Å². The van der Waals surface area contributed by atoms with Crippen molar-refractivity contribution in [2.75, 3.05) is 14.2 Å². The SMILES string of the molecule is CN=C(C)CC(N)=Nc1ncc2c(n1)-c1c(nn(C)c1Cc1ccccc1OC)CC2. The van der Waals surface area contributed by atoms with Gasteiger partial charge in [0, 0.05) is 50.0 Å². The largest absolute Gasteiger partial charge is 0.496 e. The van der Waals surface area contributed by atoms with Gasteiger partial charge in [-0.3, -0.25) is 9.67 Å². The number of nitrogens with two attached hydrogens (primary N) is 1. The molecular formula is C23H27N7O. The quantitative estimate of drug-likeness (QED) is 0.490. The molecule has 0 saturated heterocycles. The third kappa shape index (κ3) is 4.19. The highest BCUT2D eigenvalue weighted by atomic mass is 16.5. The van der Waals surface area contributed by atoms with E-state index in [1.165, 1.54) is 0 Å². The van der Waals surface area contributed by atoms with Gasteiger partial charge in [0.15, 0.2) is 0 Å². The summed E-state index contributed by atoms with van der Waals surface area (Å²) >= 11 is 0. The molecule has 31 heavy (non-hydrogen) atoms. The first kappa shape index (κ1) is 20.7. The molecule has 0 amide bonds. The summed E-state index contributed by atoms with van der Waals surface area (Å²) in [6.07, 6.45) is 4.77. The molecule has 2 N–H and O–H groups in total. The van der Waals surface area contributed by atoms with E-state index < -0.39 is 0 Å². The highest BCUT2D eigenvalue weighted by Gasteiger charge is 2.26. The fourth-order valence-electron chi connectivity index (χ4n) is 3.91. The lowest BCUT2D eigenvalue weighted by molar-refractivity contribution is 0.410. The number of fused-ring (bicyclic) bond motifs is 3. The van der Waals surface area contributed by atoms with E-state index >= 15 is 0 Å². The standard InChI is InChI=1S/C23H27N7O/c1-14(25-2)11-20(24)27-23-26-13-16-9-10-17-21(22(16)28-23)18(30(3)29-17)12-15-7-5-6-8-19(15)31-4/h5-8,13H,9-12H2,1-4H3,(H2,24,26,27,28). The molecule has 0 unspecified atom stereocenters. The number of nitrogens with zero attached hydrogens (tertiary/aromatic N) is 6. The van der Waals surface area contributed by atoms with Crippen LogP contribution in [0.2, 0.25) is 0 Å². The highest BCUT2D eigenvalue weighted by Crippen LogP contribution is 2.36. The van der Waals surface area contributed by atoms with Gasteiger partial charge in [0.25, 0.3) is 5.95 Å². The molecule has 1 aliphatic carbocycles. The smallest absolute Gasteiger partial charge is 0.251 e. The first-order valence-corrected chi connectivity index (χ1v) is 10.3. The molecule has 160 valence electrons. The van der Waals surface area contributed by atoms with Crippen molar-refractivity contribution < 1.29 is 4.74 Å². The molecule has 0 radical (unpaired) electrons. The Labute approximate surface area is 181 Å². The van der Waals surface area contributed by atoms with Crippen LogP contribution in [0.25, 0.3) is 11.3 Å². The van der Waals surface area contributed by atoms with Crippen molar-refractivity contribution in [2.24, 2.45) is 22.8 Å². The molecule has 0 fully saturated rings. The van der Waals surface area contributed by atoms with Crippen LogP contribution in [0.15, 0.2) is 40.4 Å². The van der Waals surface area contributed by atoms with Crippen LogP contribution in [0.4, 0.5) is 5.95 Å². The molecule has 0 saturated carbocycles. The van der Waals surface area contributed by atoms with Gasteiger partial charge in [0.05, 0.1) is 24.2 Å². The first-order chi connectivity index (χ1) is 15.0. The summed E-state index contributed by atoms with van der Waals surface area (Å²) in [4.78, 5) is 17.8. The fourth-order valence-corrected chi connectivity index (χ4v) is 3.91. The zero-order valence-electron chi connectivity index (χ0n) is 18.4. The van der Waals surface area contributed by atoms with Gasteiger partial charge < -0.3 is 10.5 Å². The summed E-state index contributed by atoms with van der Waals surface area (Å²) < 4.78 is 7.51. The lowest BCUT2D eigenvalue weighted by Crippen LogP contribution is -2.15. The van der Waals surface area contributed by atoms with Crippen molar-refractivity contribution in [1.29, 1.82) is 0 Å². The van der Waals surface area contributed by atoms with Crippen LogP contribution in [-0.4, -0.2) is 45.5 Å². The monoisotopic (exact) mass is 417 g/mol. The molecule has 2 aromatic heterocycles. The highest BCUT2D eigenvalue weighted by molar-refractivity contribution is 6.02. The Morgan fingerprint density at radius 2 is 2.06 bits per heavy atom. The average molecular weight is 418 g/mol. The van der Waals surface area contributed by atoms with Gasteiger partial charge in [-0.1, -0.05) is 18.2 Å². The van der Waals surface area contributed by atoms with Gasteiger partial charge in [-0.25, -0.2) is 9.97 Å². The Hall–Kier alpha value is -3.55. The number of methoxy groups -OCH3 is 1. The predicted molar refractivity (Wildman–Crippen MR) is 122 cm³/mol. The van der Waals surface area contributed by atoms with Crippen LogP contribution in [0.1, 0.15) is 35.9 Å². The summed E-state index contributed by atoms with van der Waals surface area (Å²) in [5.41, 5.74) is 13.3. The Kier molecular flexibility index (Phi) is 5.79. The lowest BCUT2D eigenvalue weighted by atomic mass is 9.91. The minimum atomic E-state index is 0.361. The van der Waals surface area contributed by atoms with E-state index in [9.17, 15) is 0 Å². The number of aliphatic imine (C=N–C) groups is 2. The topological polar surface area (TPSA) is 104 Å². The third-order valence-electron chi connectivity index (χ3n) is 5.57. The Morgan fingerprint density at radius 3 is 2.84 bits per heavy atom. The molecule has 1 aliphatic rings. The number of rotatable bonds is 6. The Morgan fingerprint density at radius 1 is 1.26 bits per heavy atom. The van der Waals surface area contributed by atoms with Crippen LogP contribution >= 0.6 is 0 Å². The zero-order valence-corrected chi connectivity index (χ0v) is 18.4. The number of ether oxygens (including phenoxy) is 1. The van der Waals surface area contributed by atoms with Crippen molar-refractivity contribution in [1.82, 2.24) is 19.7 Å². The molecule has 4 rings (SSSR count). The average Bonchev–Trinajstić information content (AvgIpc) is 3.09. The molecular weight excluding hydrogens is 390 g/mol. The number of hydrogen-bond donors (Lipinski definition) is 1. The molecule has 0 bridgehead atoms. The zero-order chi connectivity index (χ0) is 22.0. The number of para-hydroxylation sites is 1. The number of aromatic nitrogens is 4. The van der Waals surface area contributed by atoms with E-state index in [0.29, 0.717) is 24.6 Å². The predicted octanol–water partition coefficient (Wildman–Crippen LogP) is 3.04. The van der Waals surface area contributed by atoms with Gasteiger partial charge in [0.1, 0.15) is 11.6 Å². The maximum absolute atomic E-state index is 6.08. The van der Waals surface area contributed by atoms with Crippen molar-refractivity contribution in [2.45, 2.75) is 32.6 Å². The Balaban J connectivity index is 1.76. The molecule has 3 aromatic rings. The van der Waals surface area contributed by atoms with Gasteiger partial charge in [0.2, 0.25) is 0 Å². The minimum absolute atomic E-state index is 0.361. The number of aryl methyl sites for hydroxylation is 3. The molecule has 0 atom stereocenters. The second-order valence-corrected chi connectivity index (χ2v) is 7.66. The van der Waals surface area contributed by atoms with E-state index in [1.54, 1.807) is 14.2 Å². The summed E-state index contributed by atoms with van der Waals surface area (Å²) in [7, 11) is 5.42. The van der Waals surface area contributed by atoms with Crippen molar-refractivity contribution >= 4 is 17.5 Å². The summed E-state index contributed by atoms with van der Waals surface area (Å²) in [6, 6.07) is 8.05. The molecule has 2 heterocycles. The van der Waals surface area contributed by atoms with Crippen LogP contribution in [0.5, 0.6) is 5.75 Å². The van der Waals surface area contributed by atoms with Crippen LogP contribution < -0.4 is 10.5 Å². The third-order valence-corrected chi connectivity index (χ3v) is 5.57. The first-order valence-electron chi connectivity index (χ1n) is 10.3. The van der Waals surface area contributed by atoms with Gasteiger partial charge in [-0.15, -0.1) is 0 Å². The summed E-state index contributed by atoms with van der Waals surface area (Å²) in [6.45, 7) is 1.92. The van der Waals surface area contributed by atoms with Gasteiger partial charge in [-0.05, 0) is 31.4 Å². The maximum Gasteiger partial charge on any atom is 0.251 e. The van der Waals surface area contributed by atoms with E-state index in [4.69, 9.17) is 20.6 Å². The minimum Gasteiger partial charge on any atom is -0.496 e. The van der Waals surface area contributed by atoms with Gasteiger partial charge >= 0.3 is 0 Å². The van der Waals surface area contributed by atoms with E-state index in [1.807, 2.05) is 43.0 Å². The number of benzene rings is 1. The van der Waals surface area contributed by atoms with E-state index in [-0.39, 0.29) is 0 Å². The normalized spacial score (nSPS) is 13.7. The molecule has 0 aliphatic heterocycles. The maximum atomic E-state index is 6.08. The Bertz CT molecular complexity index is 1180.